The number of ether oxygens (including phenoxy) is 1. The zero-order chi connectivity index (χ0) is 20.8. The average molecular weight is 478 g/mol. The van der Waals surface area contributed by atoms with Gasteiger partial charge in [0.15, 0.2) is 0 Å². The van der Waals surface area contributed by atoms with Crippen molar-refractivity contribution in [2.24, 2.45) is 5.10 Å². The molecule has 2 aromatic carbocycles. The van der Waals surface area contributed by atoms with Gasteiger partial charge in [0.25, 0.3) is 0 Å². The third-order valence-corrected chi connectivity index (χ3v) is 7.14. The lowest BCUT2D eigenvalue weighted by molar-refractivity contribution is -0.150. The lowest BCUT2D eigenvalue weighted by atomic mass is 9.91. The maximum absolute atomic E-state index is 6.73. The van der Waals surface area contributed by atoms with Crippen LogP contribution in [0, 0.1) is 0 Å². The van der Waals surface area contributed by atoms with Gasteiger partial charge >= 0.3 is 0 Å². The van der Waals surface area contributed by atoms with Crippen LogP contribution in [-0.4, -0.2) is 34.4 Å². The van der Waals surface area contributed by atoms with Crippen LogP contribution in [-0.2, 0) is 6.54 Å². The standard InChI is InChI=1S/C25H24BrN3O2/c26-19-8-9-23-20(15-19)22-16-21(24-7-4-14-30-24)27-29(22)25(31-23)10-12-28(13-11-25)17-18-5-2-1-3-6-18/h1-9,14-15,22H,10-13,16-17H2/t22-/m0/s1. The molecule has 3 aromatic rings. The number of halogens is 1. The Balaban J connectivity index is 1.30. The van der Waals surface area contributed by atoms with Gasteiger partial charge in [-0.3, -0.25) is 4.90 Å². The minimum Gasteiger partial charge on any atom is -0.466 e. The SMILES string of the molecule is Brc1ccc2c(c1)[C@@H]1CC(c3ccco3)=NN1C1(CCN(Cc3ccccc3)CC1)O2. The number of likely N-dealkylation sites (tertiary alicyclic amines) is 1. The molecular formula is C25H24BrN3O2. The zero-order valence-electron chi connectivity index (χ0n) is 17.2. The molecule has 1 saturated heterocycles. The van der Waals surface area contributed by atoms with E-state index in [2.05, 4.69) is 74.4 Å². The molecule has 3 aliphatic heterocycles. The number of fused-ring (bicyclic) bond motifs is 4. The Morgan fingerprint density at radius 1 is 1.03 bits per heavy atom. The average Bonchev–Trinajstić information content (AvgIpc) is 3.47. The molecule has 1 spiro atoms. The number of benzene rings is 2. The molecule has 1 aromatic heterocycles. The molecule has 0 radical (unpaired) electrons. The van der Waals surface area contributed by atoms with Crippen LogP contribution < -0.4 is 4.74 Å². The maximum Gasteiger partial charge on any atom is 0.200 e. The first-order chi connectivity index (χ1) is 15.2. The predicted octanol–water partition coefficient (Wildman–Crippen LogP) is 5.58. The molecule has 6 rings (SSSR count). The van der Waals surface area contributed by atoms with E-state index in [-0.39, 0.29) is 6.04 Å². The fraction of sp³-hybridized carbons (Fsp3) is 0.320. The van der Waals surface area contributed by atoms with Gasteiger partial charge in [0.05, 0.1) is 12.3 Å². The molecule has 0 aliphatic carbocycles. The molecule has 31 heavy (non-hydrogen) atoms. The van der Waals surface area contributed by atoms with Gasteiger partial charge < -0.3 is 9.15 Å². The van der Waals surface area contributed by atoms with Crippen molar-refractivity contribution >= 4 is 21.6 Å². The van der Waals surface area contributed by atoms with Gasteiger partial charge in [0.2, 0.25) is 5.72 Å². The highest BCUT2D eigenvalue weighted by atomic mass is 79.9. The summed E-state index contributed by atoms with van der Waals surface area (Å²) in [6.07, 6.45) is 4.38. The lowest BCUT2D eigenvalue weighted by Crippen LogP contribution is -2.59. The Bertz CT molecular complexity index is 1110. The summed E-state index contributed by atoms with van der Waals surface area (Å²) in [5, 5.41) is 7.30. The minimum absolute atomic E-state index is 0.169. The lowest BCUT2D eigenvalue weighted by Gasteiger charge is -2.51. The van der Waals surface area contributed by atoms with Crippen molar-refractivity contribution in [1.29, 1.82) is 0 Å². The fourth-order valence-electron chi connectivity index (χ4n) is 5.08. The summed E-state index contributed by atoms with van der Waals surface area (Å²) in [4.78, 5) is 2.52. The fourth-order valence-corrected chi connectivity index (χ4v) is 5.46. The second kappa shape index (κ2) is 7.53. The Hall–Kier alpha value is -2.57. The van der Waals surface area contributed by atoms with Crippen LogP contribution in [0.4, 0.5) is 0 Å². The highest BCUT2D eigenvalue weighted by molar-refractivity contribution is 9.10. The minimum atomic E-state index is -0.410. The summed E-state index contributed by atoms with van der Waals surface area (Å²) in [6, 6.07) is 21.1. The molecule has 3 aliphatic rings. The van der Waals surface area contributed by atoms with E-state index in [0.29, 0.717) is 0 Å². The second-order valence-electron chi connectivity index (χ2n) is 8.58. The van der Waals surface area contributed by atoms with Gasteiger partial charge in [-0.25, -0.2) is 5.01 Å². The van der Waals surface area contributed by atoms with Gasteiger partial charge in [0.1, 0.15) is 17.2 Å². The number of hydrogen-bond acceptors (Lipinski definition) is 5. The van der Waals surface area contributed by atoms with E-state index in [1.54, 1.807) is 6.26 Å². The first kappa shape index (κ1) is 19.1. The molecule has 158 valence electrons. The zero-order valence-corrected chi connectivity index (χ0v) is 18.8. The Kier molecular flexibility index (Phi) is 4.65. The topological polar surface area (TPSA) is 41.2 Å². The normalized spacial score (nSPS) is 22.0. The van der Waals surface area contributed by atoms with E-state index in [1.165, 1.54) is 11.1 Å². The number of nitrogens with zero attached hydrogens (tertiary/aromatic N) is 3. The number of hydrazone groups is 1. The summed E-state index contributed by atoms with van der Waals surface area (Å²) < 4.78 is 13.5. The summed E-state index contributed by atoms with van der Waals surface area (Å²) in [7, 11) is 0. The van der Waals surface area contributed by atoms with Gasteiger partial charge in [0, 0.05) is 48.9 Å². The molecular weight excluding hydrogens is 454 g/mol. The number of furan rings is 1. The highest BCUT2D eigenvalue weighted by Crippen LogP contribution is 2.50. The van der Waals surface area contributed by atoms with Crippen LogP contribution in [0.2, 0.25) is 0 Å². The largest absolute Gasteiger partial charge is 0.466 e. The molecule has 0 bridgehead atoms. The van der Waals surface area contributed by atoms with Crippen LogP contribution >= 0.6 is 15.9 Å². The summed E-state index contributed by atoms with van der Waals surface area (Å²) >= 11 is 3.63. The molecule has 0 saturated carbocycles. The van der Waals surface area contributed by atoms with Crippen LogP contribution in [0.3, 0.4) is 0 Å². The van der Waals surface area contributed by atoms with Crippen LogP contribution in [0.15, 0.2) is 80.9 Å². The Labute approximate surface area is 190 Å². The maximum atomic E-state index is 6.73. The van der Waals surface area contributed by atoms with E-state index in [4.69, 9.17) is 14.3 Å². The van der Waals surface area contributed by atoms with Crippen molar-refractivity contribution in [2.45, 2.75) is 37.6 Å². The number of piperidine rings is 1. The summed E-state index contributed by atoms with van der Waals surface area (Å²) in [5.74, 6) is 1.83. The second-order valence-corrected chi connectivity index (χ2v) is 9.50. The molecule has 1 fully saturated rings. The van der Waals surface area contributed by atoms with E-state index >= 15 is 0 Å². The first-order valence-electron chi connectivity index (χ1n) is 10.9. The van der Waals surface area contributed by atoms with Crippen molar-refractivity contribution in [2.75, 3.05) is 13.1 Å². The van der Waals surface area contributed by atoms with Gasteiger partial charge in [-0.15, -0.1) is 0 Å². The van der Waals surface area contributed by atoms with Crippen LogP contribution in [0.1, 0.15) is 42.2 Å². The predicted molar refractivity (Wildman–Crippen MR) is 123 cm³/mol. The quantitative estimate of drug-likeness (QED) is 0.493. The highest BCUT2D eigenvalue weighted by Gasteiger charge is 2.52. The summed E-state index contributed by atoms with van der Waals surface area (Å²) in [5.41, 5.74) is 3.14. The molecule has 5 nitrogen and oxygen atoms in total. The third kappa shape index (κ3) is 3.38. The van der Waals surface area contributed by atoms with Gasteiger partial charge in [-0.2, -0.15) is 5.10 Å². The molecule has 4 heterocycles. The smallest absolute Gasteiger partial charge is 0.200 e. The molecule has 1 atom stereocenters. The van der Waals surface area contributed by atoms with Gasteiger partial charge in [-0.05, 0) is 35.9 Å². The molecule has 6 heteroatoms. The monoisotopic (exact) mass is 477 g/mol. The van der Waals surface area contributed by atoms with Crippen molar-refractivity contribution < 1.29 is 9.15 Å². The van der Waals surface area contributed by atoms with E-state index in [0.717, 1.165) is 60.6 Å². The van der Waals surface area contributed by atoms with Crippen molar-refractivity contribution in [1.82, 2.24) is 9.91 Å². The van der Waals surface area contributed by atoms with Crippen LogP contribution in [0.25, 0.3) is 0 Å². The first-order valence-corrected chi connectivity index (χ1v) is 11.6. The Morgan fingerprint density at radius 2 is 1.87 bits per heavy atom. The van der Waals surface area contributed by atoms with E-state index < -0.39 is 5.72 Å². The molecule has 0 amide bonds. The van der Waals surface area contributed by atoms with Crippen molar-refractivity contribution in [3.63, 3.8) is 0 Å². The Morgan fingerprint density at radius 3 is 2.65 bits per heavy atom. The van der Waals surface area contributed by atoms with Crippen LogP contribution in [0.5, 0.6) is 5.75 Å². The summed E-state index contributed by atoms with van der Waals surface area (Å²) in [6.45, 7) is 2.94. The van der Waals surface area contributed by atoms with E-state index in [1.807, 2.05) is 12.1 Å². The third-order valence-electron chi connectivity index (χ3n) is 6.65. The van der Waals surface area contributed by atoms with Crippen molar-refractivity contribution in [3.05, 3.63) is 88.3 Å². The number of hydrogen-bond donors (Lipinski definition) is 0. The van der Waals surface area contributed by atoms with E-state index in [9.17, 15) is 0 Å². The van der Waals surface area contributed by atoms with Crippen molar-refractivity contribution in [3.8, 4) is 5.75 Å². The molecule has 0 unspecified atom stereocenters. The number of rotatable bonds is 3. The molecule has 0 N–H and O–H groups in total. The van der Waals surface area contributed by atoms with Gasteiger partial charge in [-0.1, -0.05) is 46.3 Å².